The van der Waals surface area contributed by atoms with Crippen LogP contribution in [0, 0.1) is 29.9 Å². The molecular weight excluding hydrogens is 456 g/mol. The molecule has 0 unspecified atom stereocenters. The van der Waals surface area contributed by atoms with Gasteiger partial charge in [-0.1, -0.05) is 11.6 Å². The molecule has 34 heavy (non-hydrogen) atoms. The van der Waals surface area contributed by atoms with E-state index in [4.69, 9.17) is 22.6 Å². The van der Waals surface area contributed by atoms with Crippen molar-refractivity contribution in [3.63, 3.8) is 0 Å². The summed E-state index contributed by atoms with van der Waals surface area (Å²) in [5.74, 6) is -0.629. The van der Waals surface area contributed by atoms with E-state index < -0.39 is 0 Å². The first-order chi connectivity index (χ1) is 16.3. The molecule has 4 N–H and O–H groups in total. The maximum atomic E-state index is 13.4. The van der Waals surface area contributed by atoms with Crippen molar-refractivity contribution in [2.24, 2.45) is 0 Å². The van der Waals surface area contributed by atoms with Crippen molar-refractivity contribution in [1.29, 1.82) is 5.26 Å². The fourth-order valence-corrected chi connectivity index (χ4v) is 3.01. The highest BCUT2D eigenvalue weighted by Crippen LogP contribution is 2.24. The number of nitrogens with two attached hydrogens (primary N) is 1. The Morgan fingerprint density at radius 3 is 1.85 bits per heavy atom. The molecule has 0 atom stereocenters. The van der Waals surface area contributed by atoms with Gasteiger partial charge < -0.3 is 5.73 Å². The van der Waals surface area contributed by atoms with Crippen molar-refractivity contribution in [3.8, 4) is 6.07 Å². The molecule has 0 aromatic heterocycles. The molecule has 8 heteroatoms. The van der Waals surface area contributed by atoms with Gasteiger partial charge in [-0.2, -0.15) is 10.4 Å². The summed E-state index contributed by atoms with van der Waals surface area (Å²) in [6, 6.07) is 26.4. The second-order valence-electron chi connectivity index (χ2n) is 7.24. The summed E-state index contributed by atoms with van der Waals surface area (Å²) in [6.45, 7) is 1.81. The molecule has 0 aliphatic rings. The van der Waals surface area contributed by atoms with Crippen LogP contribution >= 0.6 is 11.6 Å². The normalized spacial score (nSPS) is 9.85. The SMILES string of the molecule is Cc1cc(F)ccc1N(Nc1ccc(F)cc1)Nc1ccc(Cl)cc1.N#Cc1ccc(N)cc1. The summed E-state index contributed by atoms with van der Waals surface area (Å²) >= 11 is 5.92. The highest BCUT2D eigenvalue weighted by Gasteiger charge is 2.11. The van der Waals surface area contributed by atoms with Crippen molar-refractivity contribution in [2.45, 2.75) is 6.92 Å². The quantitative estimate of drug-likeness (QED) is 0.214. The average Bonchev–Trinajstić information content (AvgIpc) is 2.82. The Labute approximate surface area is 202 Å². The molecule has 4 aromatic carbocycles. The smallest absolute Gasteiger partial charge is 0.123 e. The van der Waals surface area contributed by atoms with Crippen LogP contribution in [0.2, 0.25) is 5.02 Å². The van der Waals surface area contributed by atoms with Crippen LogP contribution < -0.4 is 21.7 Å². The lowest BCUT2D eigenvalue weighted by molar-refractivity contribution is 0.626. The number of aryl methyl sites for hydroxylation is 1. The standard InChI is InChI=1S/C19H16ClF2N3.C7H6N2/c1-13-12-16(22)6-11-19(13)25(23-17-7-2-14(20)3-8-17)24-18-9-4-15(21)5-10-18;8-5-6-1-3-7(9)4-2-6/h2-12,23-24H,1H3;1-4H,9H2. The van der Waals surface area contributed by atoms with E-state index in [1.165, 1.54) is 24.3 Å². The molecule has 0 fully saturated rings. The maximum absolute atomic E-state index is 13.4. The number of hydrogen-bond acceptors (Lipinski definition) is 5. The fraction of sp³-hybridized carbons (Fsp3) is 0.0385. The molecule has 0 amide bonds. The van der Waals surface area contributed by atoms with Crippen molar-refractivity contribution in [3.05, 3.63) is 119 Å². The zero-order chi connectivity index (χ0) is 24.5. The van der Waals surface area contributed by atoms with Gasteiger partial charge in [0.2, 0.25) is 0 Å². The van der Waals surface area contributed by atoms with E-state index in [-0.39, 0.29) is 11.6 Å². The van der Waals surface area contributed by atoms with Crippen LogP contribution in [-0.4, -0.2) is 0 Å². The molecule has 0 saturated carbocycles. The van der Waals surface area contributed by atoms with E-state index in [0.29, 0.717) is 22.0 Å². The number of anilines is 4. The second kappa shape index (κ2) is 11.5. The summed E-state index contributed by atoms with van der Waals surface area (Å²) in [5, 5.41) is 10.6. The zero-order valence-corrected chi connectivity index (χ0v) is 19.0. The van der Waals surface area contributed by atoms with Gasteiger partial charge in [-0.15, -0.1) is 0 Å². The van der Waals surface area contributed by atoms with Gasteiger partial charge in [0.05, 0.1) is 28.7 Å². The van der Waals surface area contributed by atoms with Crippen LogP contribution in [0.25, 0.3) is 0 Å². The van der Waals surface area contributed by atoms with Gasteiger partial charge in [0.25, 0.3) is 0 Å². The molecule has 4 rings (SSSR count). The molecule has 0 aliphatic heterocycles. The summed E-state index contributed by atoms with van der Waals surface area (Å²) < 4.78 is 26.6. The lowest BCUT2D eigenvalue weighted by Crippen LogP contribution is -2.36. The first-order valence-corrected chi connectivity index (χ1v) is 10.6. The lowest BCUT2D eigenvalue weighted by Gasteiger charge is -2.29. The van der Waals surface area contributed by atoms with Crippen LogP contribution in [0.1, 0.15) is 11.1 Å². The summed E-state index contributed by atoms with van der Waals surface area (Å²) in [6.07, 6.45) is 0. The first-order valence-electron chi connectivity index (χ1n) is 10.2. The van der Waals surface area contributed by atoms with E-state index >= 15 is 0 Å². The topological polar surface area (TPSA) is 77.1 Å². The van der Waals surface area contributed by atoms with Gasteiger partial charge in [-0.05, 0) is 103 Å². The van der Waals surface area contributed by atoms with Gasteiger partial charge in [0.1, 0.15) is 11.6 Å². The van der Waals surface area contributed by atoms with Crippen LogP contribution in [-0.2, 0) is 0 Å². The number of halogens is 3. The van der Waals surface area contributed by atoms with E-state index in [1.807, 2.05) is 18.2 Å². The third-order valence-corrected chi connectivity index (χ3v) is 4.86. The number of hydrogen-bond donors (Lipinski definition) is 3. The molecule has 0 bridgehead atoms. The maximum Gasteiger partial charge on any atom is 0.123 e. The third kappa shape index (κ3) is 7.12. The summed E-state index contributed by atoms with van der Waals surface area (Å²) in [4.78, 5) is 0. The largest absolute Gasteiger partial charge is 0.399 e. The fourth-order valence-electron chi connectivity index (χ4n) is 2.88. The first kappa shape index (κ1) is 24.4. The predicted molar refractivity (Wildman–Crippen MR) is 134 cm³/mol. The highest BCUT2D eigenvalue weighted by molar-refractivity contribution is 6.30. The van der Waals surface area contributed by atoms with Gasteiger partial charge >= 0.3 is 0 Å². The van der Waals surface area contributed by atoms with Gasteiger partial charge in [-0.3, -0.25) is 10.9 Å². The number of nitrogens with one attached hydrogen (secondary N) is 2. The Bertz CT molecular complexity index is 1210. The zero-order valence-electron chi connectivity index (χ0n) is 18.3. The monoisotopic (exact) mass is 477 g/mol. The number of nitrogen functional groups attached to an aromatic ring is 1. The molecule has 172 valence electrons. The number of hydrazine groups is 2. The molecule has 4 aromatic rings. The number of nitrogens with zero attached hydrogens (tertiary/aromatic N) is 2. The van der Waals surface area contributed by atoms with Gasteiger partial charge in [-0.25, -0.2) is 8.78 Å². The minimum atomic E-state index is -0.319. The Morgan fingerprint density at radius 1 is 0.794 bits per heavy atom. The molecule has 0 radical (unpaired) electrons. The Hall–Kier alpha value is -4.28. The van der Waals surface area contributed by atoms with E-state index in [9.17, 15) is 8.78 Å². The van der Waals surface area contributed by atoms with Gasteiger partial charge in [0.15, 0.2) is 0 Å². The minimum Gasteiger partial charge on any atom is -0.399 e. The molecule has 0 aliphatic carbocycles. The summed E-state index contributed by atoms with van der Waals surface area (Å²) in [7, 11) is 0. The molecule has 0 heterocycles. The minimum absolute atomic E-state index is 0.311. The number of rotatable bonds is 5. The Balaban J connectivity index is 0.000000302. The summed E-state index contributed by atoms with van der Waals surface area (Å²) in [5.41, 5.74) is 16.0. The van der Waals surface area contributed by atoms with Crippen LogP contribution in [0.5, 0.6) is 0 Å². The highest BCUT2D eigenvalue weighted by atomic mass is 35.5. The Morgan fingerprint density at radius 2 is 1.32 bits per heavy atom. The average molecular weight is 478 g/mol. The van der Waals surface area contributed by atoms with Crippen LogP contribution in [0.4, 0.5) is 31.5 Å². The molecule has 0 saturated heterocycles. The Kier molecular flexibility index (Phi) is 8.27. The second-order valence-corrected chi connectivity index (χ2v) is 7.67. The van der Waals surface area contributed by atoms with Crippen LogP contribution in [0.3, 0.4) is 0 Å². The number of nitriles is 1. The van der Waals surface area contributed by atoms with Crippen molar-refractivity contribution in [2.75, 3.05) is 21.7 Å². The molecular formula is C26H22ClF2N5. The predicted octanol–water partition coefficient (Wildman–Crippen LogP) is 6.93. The van der Waals surface area contributed by atoms with E-state index in [1.54, 1.807) is 66.6 Å². The van der Waals surface area contributed by atoms with Crippen molar-refractivity contribution < 1.29 is 8.78 Å². The van der Waals surface area contributed by atoms with Crippen LogP contribution in [0.15, 0.2) is 91.0 Å². The van der Waals surface area contributed by atoms with E-state index in [0.717, 1.165) is 16.9 Å². The van der Waals surface area contributed by atoms with E-state index in [2.05, 4.69) is 10.9 Å². The molecule has 5 nitrogen and oxygen atoms in total. The van der Waals surface area contributed by atoms with Gasteiger partial charge in [0, 0.05) is 10.7 Å². The molecule has 0 spiro atoms. The van der Waals surface area contributed by atoms with Crippen molar-refractivity contribution >= 4 is 34.4 Å². The third-order valence-electron chi connectivity index (χ3n) is 4.61. The van der Waals surface area contributed by atoms with Crippen molar-refractivity contribution in [1.82, 2.24) is 0 Å². The number of benzene rings is 4. The lowest BCUT2D eigenvalue weighted by atomic mass is 10.2.